The van der Waals surface area contributed by atoms with E-state index in [2.05, 4.69) is 25.0 Å². The van der Waals surface area contributed by atoms with E-state index in [1.54, 1.807) is 18.2 Å². The number of hydrogen-bond acceptors (Lipinski definition) is 7. The van der Waals surface area contributed by atoms with Gasteiger partial charge in [-0.3, -0.25) is 9.36 Å². The Morgan fingerprint density at radius 3 is 2.67 bits per heavy atom. The van der Waals surface area contributed by atoms with Crippen molar-refractivity contribution in [2.45, 2.75) is 50.2 Å². The minimum atomic E-state index is -0.428. The summed E-state index contributed by atoms with van der Waals surface area (Å²) in [5.41, 5.74) is 1.90. The van der Waals surface area contributed by atoms with Gasteiger partial charge in [-0.2, -0.15) is 0 Å². The Morgan fingerprint density at radius 2 is 1.97 bits per heavy atom. The number of piperidine rings is 1. The van der Waals surface area contributed by atoms with Gasteiger partial charge in [0.05, 0.1) is 18.4 Å². The van der Waals surface area contributed by atoms with E-state index in [-0.39, 0.29) is 11.7 Å². The standard InChI is InChI=1S/C21H27N5O3S/c1-14-6-7-15(19(28)29-2)12-17(14)22-18(27)13-30-21-24-23-20(26(21)16-8-9-16)25-10-4-3-5-11-25/h6-7,12,16H,3-5,8-11,13H2,1-2H3,(H,22,27). The number of amides is 1. The largest absolute Gasteiger partial charge is 0.465 e. The zero-order chi connectivity index (χ0) is 21.1. The average molecular weight is 430 g/mol. The van der Waals surface area contributed by atoms with Gasteiger partial charge in [0, 0.05) is 24.8 Å². The summed E-state index contributed by atoms with van der Waals surface area (Å²) in [5.74, 6) is 0.603. The molecule has 9 heteroatoms. The van der Waals surface area contributed by atoms with Crippen LogP contribution in [0.3, 0.4) is 0 Å². The molecule has 1 aliphatic carbocycles. The van der Waals surface area contributed by atoms with Crippen molar-refractivity contribution in [2.75, 3.05) is 36.2 Å². The first-order valence-electron chi connectivity index (χ1n) is 10.4. The molecule has 2 aromatic rings. The fraction of sp³-hybridized carbons (Fsp3) is 0.524. The fourth-order valence-electron chi connectivity index (χ4n) is 3.65. The van der Waals surface area contributed by atoms with E-state index in [0.717, 1.165) is 42.6 Å². The van der Waals surface area contributed by atoms with Crippen molar-refractivity contribution in [3.63, 3.8) is 0 Å². The highest BCUT2D eigenvalue weighted by molar-refractivity contribution is 7.99. The van der Waals surface area contributed by atoms with Crippen LogP contribution in [-0.4, -0.2) is 52.6 Å². The third-order valence-electron chi connectivity index (χ3n) is 5.46. The Bertz CT molecular complexity index is 935. The third kappa shape index (κ3) is 4.61. The van der Waals surface area contributed by atoms with Crippen LogP contribution in [0, 0.1) is 6.92 Å². The monoisotopic (exact) mass is 429 g/mol. The van der Waals surface area contributed by atoms with Crippen LogP contribution in [0.15, 0.2) is 23.4 Å². The Kier molecular flexibility index (Phi) is 6.26. The zero-order valence-electron chi connectivity index (χ0n) is 17.4. The number of ether oxygens (including phenoxy) is 1. The number of methoxy groups -OCH3 is 1. The van der Waals surface area contributed by atoms with Crippen LogP contribution in [0.2, 0.25) is 0 Å². The molecule has 1 N–H and O–H groups in total. The van der Waals surface area contributed by atoms with Gasteiger partial charge >= 0.3 is 5.97 Å². The van der Waals surface area contributed by atoms with Crippen molar-refractivity contribution in [3.8, 4) is 0 Å². The van der Waals surface area contributed by atoms with Crippen molar-refractivity contribution in [2.24, 2.45) is 0 Å². The highest BCUT2D eigenvalue weighted by Crippen LogP contribution is 2.41. The van der Waals surface area contributed by atoms with E-state index >= 15 is 0 Å². The summed E-state index contributed by atoms with van der Waals surface area (Å²) in [4.78, 5) is 26.7. The SMILES string of the molecule is COC(=O)c1ccc(C)c(NC(=O)CSc2nnc(N3CCCCC3)n2C2CC2)c1. The maximum atomic E-state index is 12.6. The molecule has 0 unspecified atom stereocenters. The number of hydrogen-bond donors (Lipinski definition) is 1. The summed E-state index contributed by atoms with van der Waals surface area (Å²) in [6, 6.07) is 5.57. The molecule has 0 radical (unpaired) electrons. The second-order valence-corrected chi connectivity index (χ2v) is 8.73. The van der Waals surface area contributed by atoms with E-state index in [1.807, 2.05) is 6.92 Å². The topological polar surface area (TPSA) is 89.3 Å². The smallest absolute Gasteiger partial charge is 0.337 e. The third-order valence-corrected chi connectivity index (χ3v) is 6.41. The number of aryl methyl sites for hydroxylation is 1. The lowest BCUT2D eigenvalue weighted by Crippen LogP contribution is -2.32. The highest BCUT2D eigenvalue weighted by atomic mass is 32.2. The first-order chi connectivity index (χ1) is 14.6. The Balaban J connectivity index is 1.42. The van der Waals surface area contributed by atoms with E-state index in [1.165, 1.54) is 38.1 Å². The second-order valence-electron chi connectivity index (χ2n) is 7.79. The molecule has 1 aliphatic heterocycles. The van der Waals surface area contributed by atoms with Crippen molar-refractivity contribution >= 4 is 35.3 Å². The quantitative estimate of drug-likeness (QED) is 0.533. The predicted molar refractivity (Wildman–Crippen MR) is 116 cm³/mol. The van der Waals surface area contributed by atoms with Gasteiger partial charge < -0.3 is 15.0 Å². The van der Waals surface area contributed by atoms with Crippen molar-refractivity contribution in [3.05, 3.63) is 29.3 Å². The molecule has 160 valence electrons. The van der Waals surface area contributed by atoms with Crippen LogP contribution in [0.5, 0.6) is 0 Å². The van der Waals surface area contributed by atoms with Crippen LogP contribution in [0.25, 0.3) is 0 Å². The van der Waals surface area contributed by atoms with Gasteiger partial charge in [0.2, 0.25) is 11.9 Å². The first kappa shape index (κ1) is 20.7. The van der Waals surface area contributed by atoms with Gasteiger partial charge in [-0.05, 0) is 56.7 Å². The minimum absolute atomic E-state index is 0.144. The zero-order valence-corrected chi connectivity index (χ0v) is 18.2. The fourth-order valence-corrected chi connectivity index (χ4v) is 4.45. The number of esters is 1. The van der Waals surface area contributed by atoms with Gasteiger partial charge in [-0.25, -0.2) is 4.79 Å². The van der Waals surface area contributed by atoms with E-state index in [9.17, 15) is 9.59 Å². The lowest BCUT2D eigenvalue weighted by atomic mass is 10.1. The molecule has 4 rings (SSSR count). The van der Waals surface area contributed by atoms with E-state index in [4.69, 9.17) is 4.74 Å². The average Bonchev–Trinajstić information content (AvgIpc) is 3.52. The van der Waals surface area contributed by atoms with Gasteiger partial charge in [-0.15, -0.1) is 10.2 Å². The number of carbonyl (C=O) groups excluding carboxylic acids is 2. The number of nitrogens with one attached hydrogen (secondary N) is 1. The predicted octanol–water partition coefficient (Wildman–Crippen LogP) is 3.43. The number of carbonyl (C=O) groups is 2. The van der Waals surface area contributed by atoms with Gasteiger partial charge in [0.1, 0.15) is 0 Å². The molecule has 0 atom stereocenters. The molecular weight excluding hydrogens is 402 g/mol. The molecule has 0 bridgehead atoms. The van der Waals surface area contributed by atoms with Crippen molar-refractivity contribution in [1.82, 2.24) is 14.8 Å². The molecule has 30 heavy (non-hydrogen) atoms. The van der Waals surface area contributed by atoms with Gasteiger partial charge in [-0.1, -0.05) is 17.8 Å². The summed E-state index contributed by atoms with van der Waals surface area (Å²) in [6.45, 7) is 3.93. The number of benzene rings is 1. The molecule has 2 aliphatic rings. The van der Waals surface area contributed by atoms with Crippen molar-refractivity contribution < 1.29 is 14.3 Å². The molecule has 1 aromatic heterocycles. The van der Waals surface area contributed by atoms with Gasteiger partial charge in [0.25, 0.3) is 0 Å². The molecule has 8 nitrogen and oxygen atoms in total. The van der Waals surface area contributed by atoms with Crippen LogP contribution >= 0.6 is 11.8 Å². The number of nitrogens with zero attached hydrogens (tertiary/aromatic N) is 4. The van der Waals surface area contributed by atoms with Crippen molar-refractivity contribution in [1.29, 1.82) is 0 Å². The second kappa shape index (κ2) is 9.07. The van der Waals surface area contributed by atoms with Crippen LogP contribution in [0.4, 0.5) is 11.6 Å². The van der Waals surface area contributed by atoms with Crippen LogP contribution in [-0.2, 0) is 9.53 Å². The van der Waals surface area contributed by atoms with Crippen LogP contribution in [0.1, 0.15) is 54.1 Å². The Morgan fingerprint density at radius 1 is 1.20 bits per heavy atom. The van der Waals surface area contributed by atoms with Crippen LogP contribution < -0.4 is 10.2 Å². The summed E-state index contributed by atoms with van der Waals surface area (Å²) in [5, 5.41) is 12.5. The maximum Gasteiger partial charge on any atom is 0.337 e. The summed E-state index contributed by atoms with van der Waals surface area (Å²) in [6.07, 6.45) is 5.92. The number of rotatable bonds is 7. The summed E-state index contributed by atoms with van der Waals surface area (Å²) >= 11 is 1.41. The molecule has 1 saturated carbocycles. The lowest BCUT2D eigenvalue weighted by Gasteiger charge is -2.27. The first-order valence-corrected chi connectivity index (χ1v) is 11.4. The minimum Gasteiger partial charge on any atom is -0.465 e. The Hall–Kier alpha value is -2.55. The number of aromatic nitrogens is 3. The normalized spacial score (nSPS) is 16.4. The maximum absolute atomic E-state index is 12.6. The van der Waals surface area contributed by atoms with E-state index in [0.29, 0.717) is 17.3 Å². The molecular formula is C21H27N5O3S. The molecule has 2 fully saturated rings. The molecule has 1 amide bonds. The summed E-state index contributed by atoms with van der Waals surface area (Å²) in [7, 11) is 1.34. The molecule has 2 heterocycles. The molecule has 1 aromatic carbocycles. The number of thioether (sulfide) groups is 1. The summed E-state index contributed by atoms with van der Waals surface area (Å²) < 4.78 is 6.97. The molecule has 1 saturated heterocycles. The lowest BCUT2D eigenvalue weighted by molar-refractivity contribution is -0.113. The molecule has 0 spiro atoms. The van der Waals surface area contributed by atoms with E-state index < -0.39 is 5.97 Å². The number of anilines is 2. The highest BCUT2D eigenvalue weighted by Gasteiger charge is 2.32. The van der Waals surface area contributed by atoms with Gasteiger partial charge in [0.15, 0.2) is 5.16 Å². The Labute approximate surface area is 180 Å².